The highest BCUT2D eigenvalue weighted by atomic mass is 35.5. The molecule has 3 aromatic carbocycles. The maximum Gasteiger partial charge on any atom is 0.573 e. The number of amides is 2. The van der Waals surface area contributed by atoms with E-state index in [-0.39, 0.29) is 23.5 Å². The molecule has 0 fully saturated rings. The van der Waals surface area contributed by atoms with Gasteiger partial charge in [-0.3, -0.25) is 0 Å². The molecular formula is C26H17ClF9N3O2. The number of halogens is 10. The Labute approximate surface area is 231 Å². The molecule has 0 spiro atoms. The van der Waals surface area contributed by atoms with E-state index in [2.05, 4.69) is 15.2 Å². The average molecular weight is 610 g/mol. The molecule has 0 aliphatic carbocycles. The largest absolute Gasteiger partial charge is 0.573 e. The molecular weight excluding hydrogens is 593 g/mol. The van der Waals surface area contributed by atoms with Crippen LogP contribution >= 0.6 is 11.6 Å². The fourth-order valence-electron chi connectivity index (χ4n) is 4.21. The number of ether oxygens (including phenoxy) is 1. The molecule has 0 radical (unpaired) electrons. The van der Waals surface area contributed by atoms with Crippen molar-refractivity contribution in [3.8, 4) is 5.75 Å². The van der Waals surface area contributed by atoms with Crippen LogP contribution in [0.3, 0.4) is 0 Å². The molecule has 0 bridgehead atoms. The predicted octanol–water partition coefficient (Wildman–Crippen LogP) is 8.49. The molecule has 2 amide bonds. The van der Waals surface area contributed by atoms with Gasteiger partial charge in [0.25, 0.3) is 0 Å². The van der Waals surface area contributed by atoms with E-state index in [1.54, 1.807) is 6.92 Å². The van der Waals surface area contributed by atoms with E-state index in [0.29, 0.717) is 5.56 Å². The van der Waals surface area contributed by atoms with Crippen molar-refractivity contribution in [1.82, 2.24) is 5.01 Å². The summed E-state index contributed by atoms with van der Waals surface area (Å²) in [6.45, 7) is 1.31. The number of hydrogen-bond donors (Lipinski definition) is 1. The predicted molar refractivity (Wildman–Crippen MR) is 131 cm³/mol. The summed E-state index contributed by atoms with van der Waals surface area (Å²) in [7, 11) is 0. The van der Waals surface area contributed by atoms with E-state index in [1.807, 2.05) is 0 Å². The van der Waals surface area contributed by atoms with Gasteiger partial charge in [-0.2, -0.15) is 31.4 Å². The van der Waals surface area contributed by atoms with Gasteiger partial charge in [-0.05, 0) is 61.0 Å². The summed E-state index contributed by atoms with van der Waals surface area (Å²) >= 11 is 5.89. The van der Waals surface area contributed by atoms with Gasteiger partial charge < -0.3 is 10.1 Å². The standard InChI is InChI=1S/C26H17ClF9N3O2/c1-23(15-5-9-18(10-6-15)41-26(34,35)36)13-39(22(40)37-17-7-3-16(4-8-17)24(28,29)30)38-21(23)14-2-11-19(20(27)12-14)25(31,32)33/h2-12H,13H2,1H3,(H,37,40). The number of alkyl halides is 9. The highest BCUT2D eigenvalue weighted by molar-refractivity contribution is 6.32. The third kappa shape index (κ3) is 6.69. The summed E-state index contributed by atoms with van der Waals surface area (Å²) in [6.07, 6.45) is -14.3. The van der Waals surface area contributed by atoms with Crippen molar-refractivity contribution >= 4 is 29.0 Å². The molecule has 218 valence electrons. The van der Waals surface area contributed by atoms with Gasteiger partial charge in [-0.15, -0.1) is 13.2 Å². The Balaban J connectivity index is 1.69. The van der Waals surface area contributed by atoms with Crippen LogP contribution in [0.15, 0.2) is 71.8 Å². The van der Waals surface area contributed by atoms with Gasteiger partial charge in [0, 0.05) is 11.3 Å². The first-order chi connectivity index (χ1) is 18.9. The molecule has 15 heteroatoms. The maximum atomic E-state index is 13.3. The number of anilines is 1. The first-order valence-electron chi connectivity index (χ1n) is 11.4. The Bertz CT molecular complexity index is 1470. The fourth-order valence-corrected chi connectivity index (χ4v) is 4.50. The average Bonchev–Trinajstić information content (AvgIpc) is 3.21. The van der Waals surface area contributed by atoms with E-state index < -0.39 is 52.1 Å². The van der Waals surface area contributed by atoms with Crippen LogP contribution < -0.4 is 10.1 Å². The topological polar surface area (TPSA) is 53.9 Å². The number of rotatable bonds is 4. The van der Waals surface area contributed by atoms with Crippen LogP contribution in [0.2, 0.25) is 5.02 Å². The summed E-state index contributed by atoms with van der Waals surface area (Å²) in [6, 6.07) is 10.1. The molecule has 5 nitrogen and oxygen atoms in total. The number of benzene rings is 3. The third-order valence-corrected chi connectivity index (χ3v) is 6.49. The number of hydrogen-bond acceptors (Lipinski definition) is 3. The van der Waals surface area contributed by atoms with E-state index in [0.717, 1.165) is 59.6 Å². The van der Waals surface area contributed by atoms with Crippen LogP contribution in [0, 0.1) is 0 Å². The van der Waals surface area contributed by atoms with Gasteiger partial charge in [0.15, 0.2) is 0 Å². The maximum absolute atomic E-state index is 13.3. The minimum Gasteiger partial charge on any atom is -0.406 e. The van der Waals surface area contributed by atoms with Crippen LogP contribution in [0.5, 0.6) is 5.75 Å². The van der Waals surface area contributed by atoms with Crippen LogP contribution in [-0.2, 0) is 17.8 Å². The molecule has 1 N–H and O–H groups in total. The van der Waals surface area contributed by atoms with Crippen molar-refractivity contribution in [2.24, 2.45) is 5.10 Å². The van der Waals surface area contributed by atoms with Crippen LogP contribution in [0.1, 0.15) is 29.2 Å². The summed E-state index contributed by atoms with van der Waals surface area (Å²) in [4.78, 5) is 13.0. The van der Waals surface area contributed by atoms with Crippen molar-refractivity contribution in [2.75, 3.05) is 11.9 Å². The number of urea groups is 1. The summed E-state index contributed by atoms with van der Waals surface area (Å²) in [5, 5.41) is 6.90. The lowest BCUT2D eigenvalue weighted by Gasteiger charge is -2.27. The van der Waals surface area contributed by atoms with Crippen molar-refractivity contribution in [1.29, 1.82) is 0 Å². The molecule has 0 saturated heterocycles. The second kappa shape index (κ2) is 10.5. The first kappa shape index (κ1) is 30.0. The highest BCUT2D eigenvalue weighted by Crippen LogP contribution is 2.40. The van der Waals surface area contributed by atoms with E-state index in [1.165, 1.54) is 12.1 Å². The molecule has 1 heterocycles. The molecule has 41 heavy (non-hydrogen) atoms. The van der Waals surface area contributed by atoms with E-state index >= 15 is 0 Å². The monoisotopic (exact) mass is 609 g/mol. The number of hydrazone groups is 1. The minimum absolute atomic E-state index is 0.000389. The zero-order chi connectivity index (χ0) is 30.4. The Morgan fingerprint density at radius 3 is 2.02 bits per heavy atom. The molecule has 1 aliphatic rings. The third-order valence-electron chi connectivity index (χ3n) is 6.18. The van der Waals surface area contributed by atoms with Gasteiger partial charge in [0.05, 0.1) is 33.8 Å². The molecule has 1 atom stereocenters. The lowest BCUT2D eigenvalue weighted by molar-refractivity contribution is -0.274. The van der Waals surface area contributed by atoms with Crippen molar-refractivity contribution in [2.45, 2.75) is 31.1 Å². The number of carbonyl (C=O) groups is 1. The Kier molecular flexibility index (Phi) is 7.67. The minimum atomic E-state index is -4.95. The van der Waals surface area contributed by atoms with Crippen molar-refractivity contribution < 1.29 is 49.0 Å². The molecule has 0 saturated carbocycles. The summed E-state index contributed by atoms with van der Waals surface area (Å²) in [5.74, 6) is -0.532. The van der Waals surface area contributed by atoms with Gasteiger partial charge in [0.1, 0.15) is 5.75 Å². The smallest absolute Gasteiger partial charge is 0.406 e. The van der Waals surface area contributed by atoms with Gasteiger partial charge in [-0.25, -0.2) is 9.80 Å². The normalized spacial score (nSPS) is 17.8. The Morgan fingerprint density at radius 2 is 1.51 bits per heavy atom. The Morgan fingerprint density at radius 1 is 0.902 bits per heavy atom. The molecule has 1 aliphatic heterocycles. The number of nitrogens with one attached hydrogen (secondary N) is 1. The zero-order valence-electron chi connectivity index (χ0n) is 20.5. The van der Waals surface area contributed by atoms with Crippen LogP contribution in [0.4, 0.5) is 50.0 Å². The van der Waals surface area contributed by atoms with Crippen LogP contribution in [0.25, 0.3) is 0 Å². The molecule has 0 aromatic heterocycles. The lowest BCUT2D eigenvalue weighted by Crippen LogP contribution is -2.38. The van der Waals surface area contributed by atoms with Gasteiger partial charge in [-0.1, -0.05) is 29.8 Å². The number of nitrogens with zero attached hydrogens (tertiary/aromatic N) is 2. The lowest BCUT2D eigenvalue weighted by atomic mass is 9.76. The highest BCUT2D eigenvalue weighted by Gasteiger charge is 2.44. The van der Waals surface area contributed by atoms with Crippen molar-refractivity contribution in [3.05, 3.63) is 94.0 Å². The zero-order valence-corrected chi connectivity index (χ0v) is 21.3. The van der Waals surface area contributed by atoms with Gasteiger partial charge >= 0.3 is 24.7 Å². The van der Waals surface area contributed by atoms with E-state index in [4.69, 9.17) is 11.6 Å². The molecule has 3 aromatic rings. The second-order valence-corrected chi connectivity index (χ2v) is 9.52. The summed E-state index contributed by atoms with van der Waals surface area (Å²) in [5.41, 5.74) is -2.87. The summed E-state index contributed by atoms with van der Waals surface area (Å²) < 4.78 is 120. The Hall–Kier alpha value is -3.94. The second-order valence-electron chi connectivity index (χ2n) is 9.11. The number of carbonyl (C=O) groups excluding carboxylic acids is 1. The SMILES string of the molecule is CC1(c2ccc(OC(F)(F)F)cc2)CN(C(=O)Nc2ccc(C(F)(F)F)cc2)N=C1c1ccc(C(F)(F)F)c(Cl)c1. The quantitative estimate of drug-likeness (QED) is 0.302. The molecule has 1 unspecified atom stereocenters. The van der Waals surface area contributed by atoms with E-state index in [9.17, 15) is 44.3 Å². The molecule has 4 rings (SSSR count). The van der Waals surface area contributed by atoms with Crippen LogP contribution in [-0.4, -0.2) is 29.7 Å². The van der Waals surface area contributed by atoms with Crippen molar-refractivity contribution in [3.63, 3.8) is 0 Å². The first-order valence-corrected chi connectivity index (χ1v) is 11.8. The van der Waals surface area contributed by atoms with Gasteiger partial charge in [0.2, 0.25) is 0 Å². The fraction of sp³-hybridized carbons (Fsp3) is 0.231.